The SMILES string of the molecule is O=C(O)Cn1cnc(-c2ccc(F)cc2)c1-c1ccnc(NC(=O)c2ccccc2F)c1. The van der Waals surface area contributed by atoms with E-state index in [0.29, 0.717) is 22.5 Å². The van der Waals surface area contributed by atoms with E-state index < -0.39 is 23.5 Å². The van der Waals surface area contributed by atoms with Crippen molar-refractivity contribution in [2.75, 3.05) is 5.32 Å². The number of carboxylic acid groups (broad SMARTS) is 1. The van der Waals surface area contributed by atoms with Crippen LogP contribution in [0.25, 0.3) is 22.5 Å². The average molecular weight is 434 g/mol. The van der Waals surface area contributed by atoms with Gasteiger partial charge in [-0.2, -0.15) is 0 Å². The Kier molecular flexibility index (Phi) is 5.71. The van der Waals surface area contributed by atoms with Gasteiger partial charge in [-0.1, -0.05) is 12.1 Å². The molecule has 0 radical (unpaired) electrons. The number of aliphatic carboxylic acids is 1. The van der Waals surface area contributed by atoms with Crippen molar-refractivity contribution < 1.29 is 23.5 Å². The van der Waals surface area contributed by atoms with Crippen molar-refractivity contribution in [3.8, 4) is 22.5 Å². The molecule has 9 heteroatoms. The molecule has 0 spiro atoms. The summed E-state index contributed by atoms with van der Waals surface area (Å²) in [7, 11) is 0. The number of anilines is 1. The molecule has 0 bridgehead atoms. The van der Waals surface area contributed by atoms with Gasteiger partial charge in [0.15, 0.2) is 0 Å². The first-order valence-corrected chi connectivity index (χ1v) is 9.47. The summed E-state index contributed by atoms with van der Waals surface area (Å²) in [5.74, 6) is -2.69. The van der Waals surface area contributed by atoms with Crippen LogP contribution < -0.4 is 5.32 Å². The minimum atomic E-state index is -1.07. The monoisotopic (exact) mass is 434 g/mol. The predicted molar refractivity (Wildman–Crippen MR) is 113 cm³/mol. The van der Waals surface area contributed by atoms with Gasteiger partial charge in [-0.05, 0) is 48.5 Å². The third kappa shape index (κ3) is 4.36. The molecule has 0 aliphatic carbocycles. The Balaban J connectivity index is 1.74. The molecule has 0 fully saturated rings. The topological polar surface area (TPSA) is 97.1 Å². The molecule has 0 saturated heterocycles. The van der Waals surface area contributed by atoms with Gasteiger partial charge >= 0.3 is 5.97 Å². The lowest BCUT2D eigenvalue weighted by Crippen LogP contribution is -2.14. The van der Waals surface area contributed by atoms with E-state index in [2.05, 4.69) is 15.3 Å². The molecule has 4 aromatic rings. The normalized spacial score (nSPS) is 10.7. The highest BCUT2D eigenvalue weighted by Crippen LogP contribution is 2.32. The summed E-state index contributed by atoms with van der Waals surface area (Å²) in [4.78, 5) is 32.2. The maximum Gasteiger partial charge on any atom is 0.323 e. The maximum absolute atomic E-state index is 13.9. The number of rotatable bonds is 6. The van der Waals surface area contributed by atoms with Crippen molar-refractivity contribution in [3.05, 3.63) is 90.4 Å². The number of aromatic nitrogens is 3. The lowest BCUT2D eigenvalue weighted by atomic mass is 10.1. The number of carbonyl (C=O) groups excluding carboxylic acids is 1. The first-order chi connectivity index (χ1) is 15.4. The number of amides is 1. The van der Waals surface area contributed by atoms with Crippen molar-refractivity contribution in [2.45, 2.75) is 6.54 Å². The number of hydrogen-bond acceptors (Lipinski definition) is 4. The van der Waals surface area contributed by atoms with Crippen LogP contribution in [0.15, 0.2) is 73.2 Å². The molecular formula is C23H16F2N4O3. The lowest BCUT2D eigenvalue weighted by molar-refractivity contribution is -0.137. The van der Waals surface area contributed by atoms with E-state index in [-0.39, 0.29) is 17.9 Å². The standard InChI is InChI=1S/C23H16F2N4O3/c24-16-7-5-14(6-8-16)21-22(29(13-27-21)12-20(30)31)15-9-10-26-19(11-15)28-23(32)17-3-1-2-4-18(17)25/h1-11,13H,12H2,(H,30,31)(H,26,28,32). The fraction of sp³-hybridized carbons (Fsp3) is 0.0435. The molecule has 0 aliphatic rings. The molecule has 4 rings (SSSR count). The number of nitrogens with zero attached hydrogens (tertiary/aromatic N) is 3. The molecule has 0 unspecified atom stereocenters. The maximum atomic E-state index is 13.9. The van der Waals surface area contributed by atoms with Gasteiger partial charge in [0.2, 0.25) is 0 Å². The van der Waals surface area contributed by atoms with Crippen molar-refractivity contribution in [3.63, 3.8) is 0 Å². The summed E-state index contributed by atoms with van der Waals surface area (Å²) in [5, 5.41) is 11.8. The Morgan fingerprint density at radius 2 is 1.72 bits per heavy atom. The highest BCUT2D eigenvalue weighted by Gasteiger charge is 2.18. The lowest BCUT2D eigenvalue weighted by Gasteiger charge is -2.11. The molecule has 0 saturated carbocycles. The van der Waals surface area contributed by atoms with Crippen LogP contribution in [0.4, 0.5) is 14.6 Å². The summed E-state index contributed by atoms with van der Waals surface area (Å²) in [5.41, 5.74) is 1.84. The smallest absolute Gasteiger partial charge is 0.323 e. The molecule has 0 atom stereocenters. The molecule has 2 heterocycles. The Labute approximate surface area is 181 Å². The summed E-state index contributed by atoms with van der Waals surface area (Å²) < 4.78 is 28.7. The third-order valence-corrected chi connectivity index (χ3v) is 4.65. The number of imidazole rings is 1. The fourth-order valence-corrected chi connectivity index (χ4v) is 3.24. The number of pyridine rings is 1. The Bertz CT molecular complexity index is 1300. The largest absolute Gasteiger partial charge is 0.480 e. The van der Waals surface area contributed by atoms with Crippen LogP contribution in [0.2, 0.25) is 0 Å². The number of hydrogen-bond donors (Lipinski definition) is 2. The third-order valence-electron chi connectivity index (χ3n) is 4.65. The van der Waals surface area contributed by atoms with Crippen molar-refractivity contribution in [1.82, 2.24) is 14.5 Å². The first-order valence-electron chi connectivity index (χ1n) is 9.47. The zero-order valence-electron chi connectivity index (χ0n) is 16.5. The minimum absolute atomic E-state index is 0.136. The van der Waals surface area contributed by atoms with Crippen LogP contribution in [0, 0.1) is 11.6 Å². The first kappa shape index (κ1) is 20.9. The van der Waals surface area contributed by atoms with Gasteiger partial charge in [0.25, 0.3) is 5.91 Å². The van der Waals surface area contributed by atoms with Gasteiger partial charge in [-0.15, -0.1) is 0 Å². The molecule has 2 N–H and O–H groups in total. The van der Waals surface area contributed by atoms with Crippen LogP contribution in [-0.4, -0.2) is 31.5 Å². The van der Waals surface area contributed by atoms with E-state index in [0.717, 1.165) is 0 Å². The number of nitrogens with one attached hydrogen (secondary N) is 1. The highest BCUT2D eigenvalue weighted by atomic mass is 19.1. The van der Waals surface area contributed by atoms with Gasteiger partial charge < -0.3 is 15.0 Å². The quantitative estimate of drug-likeness (QED) is 0.474. The Morgan fingerprint density at radius 3 is 2.44 bits per heavy atom. The molecule has 2 aromatic heterocycles. The van der Waals surface area contributed by atoms with Crippen LogP contribution in [0.3, 0.4) is 0 Å². The van der Waals surface area contributed by atoms with E-state index in [9.17, 15) is 23.5 Å². The number of benzene rings is 2. The predicted octanol–water partition coefficient (Wildman–Crippen LogP) is 4.23. The molecule has 2 aromatic carbocycles. The van der Waals surface area contributed by atoms with E-state index in [1.54, 1.807) is 12.1 Å². The Morgan fingerprint density at radius 1 is 0.969 bits per heavy atom. The summed E-state index contributed by atoms with van der Waals surface area (Å²) in [6.07, 6.45) is 2.80. The summed E-state index contributed by atoms with van der Waals surface area (Å²) in [6, 6.07) is 14.3. The zero-order valence-corrected chi connectivity index (χ0v) is 16.5. The molecule has 7 nitrogen and oxygen atoms in total. The Hall–Kier alpha value is -4.40. The van der Waals surface area contributed by atoms with Crippen LogP contribution in [0.5, 0.6) is 0 Å². The second kappa shape index (κ2) is 8.76. The van der Waals surface area contributed by atoms with Gasteiger partial charge in [0.1, 0.15) is 24.0 Å². The fourth-order valence-electron chi connectivity index (χ4n) is 3.24. The number of halogens is 2. The van der Waals surface area contributed by atoms with Crippen LogP contribution in [0.1, 0.15) is 10.4 Å². The van der Waals surface area contributed by atoms with Crippen LogP contribution in [-0.2, 0) is 11.3 Å². The van der Waals surface area contributed by atoms with Crippen molar-refractivity contribution in [1.29, 1.82) is 0 Å². The molecule has 160 valence electrons. The molecular weight excluding hydrogens is 418 g/mol. The van der Waals surface area contributed by atoms with E-state index in [4.69, 9.17) is 0 Å². The van der Waals surface area contributed by atoms with Gasteiger partial charge in [0.05, 0.1) is 23.3 Å². The molecule has 32 heavy (non-hydrogen) atoms. The zero-order chi connectivity index (χ0) is 22.7. The average Bonchev–Trinajstić information content (AvgIpc) is 3.17. The highest BCUT2D eigenvalue weighted by molar-refractivity contribution is 6.04. The van der Waals surface area contributed by atoms with E-state index in [1.165, 1.54) is 65.6 Å². The van der Waals surface area contributed by atoms with Gasteiger partial charge in [-0.25, -0.2) is 18.7 Å². The van der Waals surface area contributed by atoms with E-state index >= 15 is 0 Å². The van der Waals surface area contributed by atoms with Gasteiger partial charge in [-0.3, -0.25) is 9.59 Å². The number of carbonyl (C=O) groups is 2. The van der Waals surface area contributed by atoms with Crippen molar-refractivity contribution in [2.24, 2.45) is 0 Å². The number of carboxylic acids is 1. The second-order valence-electron chi connectivity index (χ2n) is 6.83. The molecule has 0 aliphatic heterocycles. The van der Waals surface area contributed by atoms with Gasteiger partial charge in [0, 0.05) is 17.3 Å². The second-order valence-corrected chi connectivity index (χ2v) is 6.83. The van der Waals surface area contributed by atoms with Crippen LogP contribution >= 0.6 is 0 Å². The summed E-state index contributed by atoms with van der Waals surface area (Å²) >= 11 is 0. The van der Waals surface area contributed by atoms with Crippen molar-refractivity contribution >= 4 is 17.7 Å². The summed E-state index contributed by atoms with van der Waals surface area (Å²) in [6.45, 7) is -0.358. The van der Waals surface area contributed by atoms with E-state index in [1.807, 2.05) is 0 Å². The minimum Gasteiger partial charge on any atom is -0.480 e. The molecule has 1 amide bonds.